The summed E-state index contributed by atoms with van der Waals surface area (Å²) in [5, 5.41) is 17.7. The van der Waals surface area contributed by atoms with E-state index in [1.165, 1.54) is 44.6 Å². The van der Waals surface area contributed by atoms with Gasteiger partial charge in [-0.05, 0) is 37.5 Å². The van der Waals surface area contributed by atoms with Crippen LogP contribution in [0.15, 0.2) is 11.6 Å². The smallest absolute Gasteiger partial charge is 0.345 e. The fraction of sp³-hybridized carbons (Fsp3) is 0.826. The standard InChI is InChI=1S/C23H42O5/c1-17(2)9-6-10-18(3)11-7-12-19(4)13-8-14-20(5)15-22(26)28-23(27)21(25)16-24/h15,17-19,21,24-25H,6-14,16H2,1-5H3/b20-15+. The van der Waals surface area contributed by atoms with Gasteiger partial charge in [0.1, 0.15) is 0 Å². The van der Waals surface area contributed by atoms with Crippen LogP contribution in [0, 0.1) is 17.8 Å². The van der Waals surface area contributed by atoms with Crippen LogP contribution in [-0.4, -0.2) is 34.9 Å². The monoisotopic (exact) mass is 398 g/mol. The first-order chi connectivity index (χ1) is 13.1. The molecule has 0 heterocycles. The zero-order valence-electron chi connectivity index (χ0n) is 18.6. The van der Waals surface area contributed by atoms with Crippen LogP contribution in [0.5, 0.6) is 0 Å². The Morgan fingerprint density at radius 3 is 1.89 bits per heavy atom. The Balaban J connectivity index is 3.90. The van der Waals surface area contributed by atoms with Crippen LogP contribution < -0.4 is 0 Å². The quantitative estimate of drug-likeness (QED) is 0.235. The number of ether oxygens (including phenoxy) is 1. The number of hydrogen-bond acceptors (Lipinski definition) is 5. The Hall–Kier alpha value is -1.20. The Labute approximate surface area is 171 Å². The van der Waals surface area contributed by atoms with Crippen LogP contribution in [0.1, 0.15) is 92.4 Å². The van der Waals surface area contributed by atoms with Gasteiger partial charge < -0.3 is 14.9 Å². The third kappa shape index (κ3) is 14.8. The van der Waals surface area contributed by atoms with Crippen LogP contribution >= 0.6 is 0 Å². The maximum absolute atomic E-state index is 11.6. The van der Waals surface area contributed by atoms with Crippen LogP contribution in [0.3, 0.4) is 0 Å². The topological polar surface area (TPSA) is 83.8 Å². The first-order valence-corrected chi connectivity index (χ1v) is 10.9. The van der Waals surface area contributed by atoms with Crippen molar-refractivity contribution in [2.24, 2.45) is 17.8 Å². The lowest BCUT2D eigenvalue weighted by atomic mass is 9.91. The van der Waals surface area contributed by atoms with E-state index in [2.05, 4.69) is 32.4 Å². The number of hydrogen-bond donors (Lipinski definition) is 2. The van der Waals surface area contributed by atoms with E-state index in [-0.39, 0.29) is 0 Å². The van der Waals surface area contributed by atoms with Crippen molar-refractivity contribution >= 4 is 11.9 Å². The zero-order chi connectivity index (χ0) is 21.5. The maximum Gasteiger partial charge on any atom is 0.345 e. The number of carbonyl (C=O) groups is 2. The molecule has 3 atom stereocenters. The minimum Gasteiger partial charge on any atom is -0.393 e. The van der Waals surface area contributed by atoms with E-state index >= 15 is 0 Å². The molecular weight excluding hydrogens is 356 g/mol. The summed E-state index contributed by atoms with van der Waals surface area (Å²) in [7, 11) is 0. The molecule has 0 amide bonds. The number of aliphatic hydroxyl groups excluding tert-OH is 2. The summed E-state index contributed by atoms with van der Waals surface area (Å²) >= 11 is 0. The predicted octanol–water partition coefficient (Wildman–Crippen LogP) is 4.79. The van der Waals surface area contributed by atoms with Crippen LogP contribution in [-0.2, 0) is 14.3 Å². The van der Waals surface area contributed by atoms with Gasteiger partial charge in [-0.25, -0.2) is 9.59 Å². The molecule has 0 bridgehead atoms. The number of allylic oxidation sites excluding steroid dienone is 1. The highest BCUT2D eigenvalue weighted by molar-refractivity contribution is 5.93. The molecule has 0 aromatic rings. The van der Waals surface area contributed by atoms with E-state index in [4.69, 9.17) is 10.2 Å². The van der Waals surface area contributed by atoms with Gasteiger partial charge in [-0.2, -0.15) is 0 Å². The zero-order valence-corrected chi connectivity index (χ0v) is 18.6. The lowest BCUT2D eigenvalue weighted by molar-refractivity contribution is -0.164. The minimum atomic E-state index is -1.67. The first kappa shape index (κ1) is 26.8. The maximum atomic E-state index is 11.6. The average molecular weight is 399 g/mol. The third-order valence-electron chi connectivity index (χ3n) is 5.15. The summed E-state index contributed by atoms with van der Waals surface area (Å²) in [4.78, 5) is 22.8. The van der Waals surface area contributed by atoms with Gasteiger partial charge in [0, 0.05) is 6.08 Å². The van der Waals surface area contributed by atoms with E-state index in [0.717, 1.165) is 36.7 Å². The molecule has 28 heavy (non-hydrogen) atoms. The van der Waals surface area contributed by atoms with E-state index in [9.17, 15) is 9.59 Å². The number of carbonyl (C=O) groups excluding carboxylic acids is 2. The van der Waals surface area contributed by atoms with Crippen molar-refractivity contribution in [2.45, 2.75) is 98.5 Å². The molecule has 0 rings (SSSR count). The van der Waals surface area contributed by atoms with Crippen molar-refractivity contribution in [3.8, 4) is 0 Å². The number of rotatable bonds is 15. The van der Waals surface area contributed by atoms with Crippen molar-refractivity contribution in [2.75, 3.05) is 6.61 Å². The van der Waals surface area contributed by atoms with Crippen molar-refractivity contribution in [3.63, 3.8) is 0 Å². The van der Waals surface area contributed by atoms with Crippen molar-refractivity contribution in [1.29, 1.82) is 0 Å². The Morgan fingerprint density at radius 1 is 0.893 bits per heavy atom. The third-order valence-corrected chi connectivity index (χ3v) is 5.15. The summed E-state index contributed by atoms with van der Waals surface area (Å²) in [6.07, 6.45) is 10.3. The predicted molar refractivity (Wildman–Crippen MR) is 113 cm³/mol. The van der Waals surface area contributed by atoms with Crippen LogP contribution in [0.2, 0.25) is 0 Å². The van der Waals surface area contributed by atoms with Gasteiger partial charge in [-0.3, -0.25) is 0 Å². The van der Waals surface area contributed by atoms with Gasteiger partial charge in [0.15, 0.2) is 6.10 Å². The molecule has 0 aromatic heterocycles. The van der Waals surface area contributed by atoms with Crippen molar-refractivity contribution in [3.05, 3.63) is 11.6 Å². The molecule has 5 heteroatoms. The second-order valence-electron chi connectivity index (χ2n) is 8.79. The molecule has 2 N–H and O–H groups in total. The average Bonchev–Trinajstić information content (AvgIpc) is 2.60. The van der Waals surface area contributed by atoms with Gasteiger partial charge in [0.25, 0.3) is 0 Å². The van der Waals surface area contributed by atoms with Gasteiger partial charge in [0.05, 0.1) is 6.61 Å². The largest absolute Gasteiger partial charge is 0.393 e. The summed E-state index contributed by atoms with van der Waals surface area (Å²) in [5.41, 5.74) is 0.849. The lowest BCUT2D eigenvalue weighted by Crippen LogP contribution is -2.28. The summed E-state index contributed by atoms with van der Waals surface area (Å²) in [6.45, 7) is 10.3. The molecule has 0 radical (unpaired) electrons. The van der Waals surface area contributed by atoms with Gasteiger partial charge in [-0.1, -0.05) is 78.2 Å². The molecule has 0 aliphatic rings. The molecule has 0 aliphatic carbocycles. The molecule has 164 valence electrons. The van der Waals surface area contributed by atoms with Gasteiger partial charge in [-0.15, -0.1) is 0 Å². The Bertz CT molecular complexity index is 470. The molecule has 0 fully saturated rings. The first-order valence-electron chi connectivity index (χ1n) is 10.9. The van der Waals surface area contributed by atoms with Crippen molar-refractivity contribution in [1.82, 2.24) is 0 Å². The molecule has 3 unspecified atom stereocenters. The molecule has 0 aromatic carbocycles. The highest BCUT2D eigenvalue weighted by atomic mass is 16.6. The molecular formula is C23H42O5. The second kappa shape index (κ2) is 15.7. The molecule has 5 nitrogen and oxygen atoms in total. The van der Waals surface area contributed by atoms with Gasteiger partial charge in [0.2, 0.25) is 0 Å². The van der Waals surface area contributed by atoms with E-state index in [1.807, 2.05) is 6.92 Å². The van der Waals surface area contributed by atoms with E-state index in [0.29, 0.717) is 5.92 Å². The molecule has 0 spiro atoms. The summed E-state index contributed by atoms with van der Waals surface area (Å²) in [5.74, 6) is 0.371. The fourth-order valence-corrected chi connectivity index (χ4v) is 3.25. The van der Waals surface area contributed by atoms with Crippen LogP contribution in [0.4, 0.5) is 0 Å². The highest BCUT2D eigenvalue weighted by Gasteiger charge is 2.18. The molecule has 0 aliphatic heterocycles. The molecule has 0 saturated heterocycles. The Morgan fingerprint density at radius 2 is 1.39 bits per heavy atom. The summed E-state index contributed by atoms with van der Waals surface area (Å²) < 4.78 is 4.45. The lowest BCUT2D eigenvalue weighted by Gasteiger charge is -2.15. The van der Waals surface area contributed by atoms with E-state index in [1.54, 1.807) is 0 Å². The van der Waals surface area contributed by atoms with Gasteiger partial charge >= 0.3 is 11.9 Å². The normalized spacial score (nSPS) is 15.4. The highest BCUT2D eigenvalue weighted by Crippen LogP contribution is 2.22. The van der Waals surface area contributed by atoms with Crippen molar-refractivity contribution < 1.29 is 24.5 Å². The summed E-state index contributed by atoms with van der Waals surface area (Å²) in [6, 6.07) is 0. The van der Waals surface area contributed by atoms with E-state index < -0.39 is 24.6 Å². The number of esters is 2. The number of aliphatic hydroxyl groups is 2. The van der Waals surface area contributed by atoms with Crippen LogP contribution in [0.25, 0.3) is 0 Å². The fourth-order valence-electron chi connectivity index (χ4n) is 3.25. The minimum absolute atomic E-state index is 0.670. The Kier molecular flexibility index (Phi) is 15.0. The SMILES string of the molecule is C/C(=C\C(=O)OC(=O)C(O)CO)CCCC(C)CCCC(C)CCCC(C)C. The second-order valence-corrected chi connectivity index (χ2v) is 8.79. The molecule has 0 saturated carbocycles.